The van der Waals surface area contributed by atoms with Crippen LogP contribution in [0.5, 0.6) is 0 Å². The van der Waals surface area contributed by atoms with Gasteiger partial charge in [0.25, 0.3) is 0 Å². The molecule has 0 saturated carbocycles. The van der Waals surface area contributed by atoms with Gasteiger partial charge in [-0.2, -0.15) is 0 Å². The van der Waals surface area contributed by atoms with Crippen LogP contribution in [-0.4, -0.2) is 24.2 Å². The highest BCUT2D eigenvalue weighted by atomic mass is 16.5. The molecule has 0 atom stereocenters. The van der Waals surface area contributed by atoms with E-state index in [-0.39, 0.29) is 5.54 Å². The molecule has 3 N–H and O–H groups in total. The SMILES string of the molecule is CC(C)(N)c1ccc(NC2CCOCC2)nc1. The molecule has 2 rings (SSSR count). The van der Waals surface area contributed by atoms with Crippen LogP contribution in [0, 0.1) is 0 Å². The molecule has 4 nitrogen and oxygen atoms in total. The highest BCUT2D eigenvalue weighted by Crippen LogP contribution is 2.18. The molecule has 1 saturated heterocycles. The molecule has 0 aliphatic carbocycles. The van der Waals surface area contributed by atoms with E-state index in [1.54, 1.807) is 0 Å². The van der Waals surface area contributed by atoms with E-state index in [1.807, 2.05) is 32.2 Å². The summed E-state index contributed by atoms with van der Waals surface area (Å²) >= 11 is 0. The van der Waals surface area contributed by atoms with E-state index < -0.39 is 0 Å². The van der Waals surface area contributed by atoms with Crippen LogP contribution in [-0.2, 0) is 10.3 Å². The van der Waals surface area contributed by atoms with Gasteiger partial charge in [0.15, 0.2) is 0 Å². The zero-order valence-electron chi connectivity index (χ0n) is 10.6. The van der Waals surface area contributed by atoms with Gasteiger partial charge in [-0.05, 0) is 38.3 Å². The maximum atomic E-state index is 6.01. The minimum atomic E-state index is -0.329. The summed E-state index contributed by atoms with van der Waals surface area (Å²) in [6, 6.07) is 4.52. The predicted molar refractivity (Wildman–Crippen MR) is 68.9 cm³/mol. The standard InChI is InChI=1S/C13H21N3O/c1-13(2,14)10-3-4-12(15-9-10)16-11-5-7-17-8-6-11/h3-4,9,11H,5-8,14H2,1-2H3,(H,15,16). The fourth-order valence-electron chi connectivity index (χ4n) is 1.91. The number of nitrogens with one attached hydrogen (secondary N) is 1. The first-order valence-corrected chi connectivity index (χ1v) is 6.15. The lowest BCUT2D eigenvalue weighted by Gasteiger charge is -2.24. The van der Waals surface area contributed by atoms with Gasteiger partial charge in [0, 0.05) is 31.0 Å². The van der Waals surface area contributed by atoms with E-state index in [0.717, 1.165) is 37.4 Å². The lowest BCUT2D eigenvalue weighted by atomic mass is 9.98. The number of hydrogen-bond acceptors (Lipinski definition) is 4. The smallest absolute Gasteiger partial charge is 0.126 e. The Morgan fingerprint density at radius 2 is 2.06 bits per heavy atom. The molecule has 1 aromatic rings. The van der Waals surface area contributed by atoms with Crippen molar-refractivity contribution in [3.05, 3.63) is 23.9 Å². The van der Waals surface area contributed by atoms with Crippen LogP contribution in [0.15, 0.2) is 18.3 Å². The van der Waals surface area contributed by atoms with E-state index in [9.17, 15) is 0 Å². The minimum Gasteiger partial charge on any atom is -0.381 e. The molecule has 0 radical (unpaired) electrons. The summed E-state index contributed by atoms with van der Waals surface area (Å²) in [5.41, 5.74) is 6.74. The molecule has 0 amide bonds. The fraction of sp³-hybridized carbons (Fsp3) is 0.615. The van der Waals surface area contributed by atoms with Crippen molar-refractivity contribution in [3.63, 3.8) is 0 Å². The summed E-state index contributed by atoms with van der Waals surface area (Å²) in [5, 5.41) is 3.43. The van der Waals surface area contributed by atoms with Crippen LogP contribution in [0.2, 0.25) is 0 Å². The van der Waals surface area contributed by atoms with Crippen LogP contribution in [0.3, 0.4) is 0 Å². The quantitative estimate of drug-likeness (QED) is 0.839. The number of aromatic nitrogens is 1. The molecular weight excluding hydrogens is 214 g/mol. The van der Waals surface area contributed by atoms with E-state index in [1.165, 1.54) is 0 Å². The lowest BCUT2D eigenvalue weighted by Crippen LogP contribution is -2.30. The Bertz CT molecular complexity index is 350. The van der Waals surface area contributed by atoms with Crippen molar-refractivity contribution in [3.8, 4) is 0 Å². The molecule has 1 aromatic heterocycles. The Labute approximate surface area is 103 Å². The number of hydrogen-bond donors (Lipinski definition) is 2. The summed E-state index contributed by atoms with van der Waals surface area (Å²) in [6.07, 6.45) is 3.94. The first kappa shape index (κ1) is 12.3. The second kappa shape index (κ2) is 5.02. The van der Waals surface area contributed by atoms with Gasteiger partial charge in [-0.1, -0.05) is 6.07 Å². The van der Waals surface area contributed by atoms with Crippen molar-refractivity contribution < 1.29 is 4.74 Å². The van der Waals surface area contributed by atoms with E-state index in [4.69, 9.17) is 10.5 Å². The van der Waals surface area contributed by atoms with Crippen molar-refractivity contribution >= 4 is 5.82 Å². The first-order valence-electron chi connectivity index (χ1n) is 6.15. The fourth-order valence-corrected chi connectivity index (χ4v) is 1.91. The third kappa shape index (κ3) is 3.41. The van der Waals surface area contributed by atoms with Crippen LogP contribution < -0.4 is 11.1 Å². The van der Waals surface area contributed by atoms with Gasteiger partial charge in [0.05, 0.1) is 0 Å². The number of nitrogens with two attached hydrogens (primary N) is 1. The van der Waals surface area contributed by atoms with Gasteiger partial charge in [-0.25, -0.2) is 4.98 Å². The van der Waals surface area contributed by atoms with E-state index >= 15 is 0 Å². The van der Waals surface area contributed by atoms with Crippen molar-refractivity contribution in [2.75, 3.05) is 18.5 Å². The summed E-state index contributed by atoms with van der Waals surface area (Å²) in [4.78, 5) is 4.41. The molecule has 1 fully saturated rings. The highest BCUT2D eigenvalue weighted by Gasteiger charge is 2.16. The number of rotatable bonds is 3. The Balaban J connectivity index is 1.98. The number of anilines is 1. The molecule has 0 aromatic carbocycles. The molecule has 17 heavy (non-hydrogen) atoms. The Hall–Kier alpha value is -1.13. The Morgan fingerprint density at radius 1 is 1.35 bits per heavy atom. The molecule has 4 heteroatoms. The normalized spacial score (nSPS) is 18.1. The van der Waals surface area contributed by atoms with Gasteiger partial charge in [0.2, 0.25) is 0 Å². The predicted octanol–water partition coefficient (Wildman–Crippen LogP) is 1.87. The van der Waals surface area contributed by atoms with Crippen molar-refractivity contribution in [2.45, 2.75) is 38.3 Å². The summed E-state index contributed by atoms with van der Waals surface area (Å²) in [7, 11) is 0. The summed E-state index contributed by atoms with van der Waals surface area (Å²) in [5.74, 6) is 0.921. The molecule has 2 heterocycles. The molecule has 94 valence electrons. The third-order valence-electron chi connectivity index (χ3n) is 3.08. The van der Waals surface area contributed by atoms with Gasteiger partial charge in [-0.3, -0.25) is 0 Å². The first-order chi connectivity index (χ1) is 8.05. The second-order valence-electron chi connectivity index (χ2n) is 5.18. The maximum Gasteiger partial charge on any atom is 0.126 e. The average molecular weight is 235 g/mol. The topological polar surface area (TPSA) is 60.2 Å². The number of ether oxygens (including phenoxy) is 1. The summed E-state index contributed by atoms with van der Waals surface area (Å²) < 4.78 is 5.32. The summed E-state index contributed by atoms with van der Waals surface area (Å²) in [6.45, 7) is 5.64. The molecule has 1 aliphatic rings. The minimum absolute atomic E-state index is 0.329. The van der Waals surface area contributed by atoms with E-state index in [2.05, 4.69) is 10.3 Å². The monoisotopic (exact) mass is 235 g/mol. The lowest BCUT2D eigenvalue weighted by molar-refractivity contribution is 0.0904. The van der Waals surface area contributed by atoms with Crippen LogP contribution in [0.1, 0.15) is 32.3 Å². The van der Waals surface area contributed by atoms with Crippen LogP contribution in [0.25, 0.3) is 0 Å². The number of pyridine rings is 1. The molecule has 0 bridgehead atoms. The van der Waals surface area contributed by atoms with Crippen LogP contribution >= 0.6 is 0 Å². The van der Waals surface area contributed by atoms with Gasteiger partial charge in [0.1, 0.15) is 5.82 Å². The Kier molecular flexibility index (Phi) is 3.64. The maximum absolute atomic E-state index is 6.01. The van der Waals surface area contributed by atoms with Gasteiger partial charge < -0.3 is 15.8 Å². The second-order valence-corrected chi connectivity index (χ2v) is 5.18. The molecular formula is C13H21N3O. The average Bonchev–Trinajstić information content (AvgIpc) is 2.30. The molecule has 1 aliphatic heterocycles. The third-order valence-corrected chi connectivity index (χ3v) is 3.08. The zero-order chi connectivity index (χ0) is 12.3. The molecule has 0 unspecified atom stereocenters. The van der Waals surface area contributed by atoms with Crippen molar-refractivity contribution in [1.29, 1.82) is 0 Å². The van der Waals surface area contributed by atoms with Gasteiger partial charge in [-0.15, -0.1) is 0 Å². The number of nitrogens with zero attached hydrogens (tertiary/aromatic N) is 1. The highest BCUT2D eigenvalue weighted by molar-refractivity contribution is 5.38. The van der Waals surface area contributed by atoms with Gasteiger partial charge >= 0.3 is 0 Å². The molecule has 0 spiro atoms. The largest absolute Gasteiger partial charge is 0.381 e. The van der Waals surface area contributed by atoms with E-state index in [0.29, 0.717) is 6.04 Å². The van der Waals surface area contributed by atoms with Crippen molar-refractivity contribution in [2.24, 2.45) is 5.73 Å². The van der Waals surface area contributed by atoms with Crippen molar-refractivity contribution in [1.82, 2.24) is 4.98 Å². The zero-order valence-corrected chi connectivity index (χ0v) is 10.6. The Morgan fingerprint density at radius 3 is 2.59 bits per heavy atom. The van der Waals surface area contributed by atoms with Crippen LogP contribution in [0.4, 0.5) is 5.82 Å².